The van der Waals surface area contributed by atoms with Crippen LogP contribution in [0.3, 0.4) is 0 Å². The number of aromatic nitrogens is 1. The minimum atomic E-state index is -1.90. The summed E-state index contributed by atoms with van der Waals surface area (Å²) in [4.78, 5) is 4.44. The van der Waals surface area contributed by atoms with E-state index >= 15 is 0 Å². The van der Waals surface area contributed by atoms with Crippen molar-refractivity contribution < 1.29 is 13.2 Å². The zero-order chi connectivity index (χ0) is 11.4. The summed E-state index contributed by atoms with van der Waals surface area (Å²) >= 11 is -1.90. The van der Waals surface area contributed by atoms with Gasteiger partial charge in [-0.05, 0) is 24.1 Å². The maximum Gasteiger partial charge on any atom is 0.194 e. The molecule has 1 aromatic heterocycles. The molecule has 0 amide bonds. The lowest BCUT2D eigenvalue weighted by atomic mass is 10.1. The molecule has 5 heteroatoms. The topological polar surface area (TPSA) is 63.3 Å². The van der Waals surface area contributed by atoms with E-state index in [1.165, 1.54) is 0 Å². The van der Waals surface area contributed by atoms with Gasteiger partial charge in [0.05, 0.1) is 11.1 Å². The Bertz CT molecular complexity index is 464. The molecule has 0 aliphatic carbocycles. The van der Waals surface area contributed by atoms with E-state index in [1.807, 2.05) is 12.1 Å². The second kappa shape index (κ2) is 5.05. The van der Waals surface area contributed by atoms with Crippen molar-refractivity contribution in [1.82, 2.24) is 4.98 Å². The highest BCUT2D eigenvalue weighted by Gasteiger charge is 2.01. The maximum atomic E-state index is 10.7. The molecule has 0 saturated carbocycles. The molecule has 0 spiro atoms. The van der Waals surface area contributed by atoms with E-state index in [0.717, 1.165) is 18.4 Å². The van der Waals surface area contributed by atoms with E-state index in [1.54, 1.807) is 24.6 Å². The second-order valence-corrected chi connectivity index (χ2v) is 4.29. The Balaban J connectivity index is 1.98. The Morgan fingerprint density at radius 2 is 2.00 bits per heavy atom. The van der Waals surface area contributed by atoms with Crippen molar-refractivity contribution in [2.75, 3.05) is 0 Å². The monoisotopic (exact) mass is 237 g/mol. The SMILES string of the molecule is O=S(O)c1ccc(CCc2ncco2)cc1. The largest absolute Gasteiger partial charge is 0.449 e. The molecule has 4 nitrogen and oxygen atoms in total. The lowest BCUT2D eigenvalue weighted by Gasteiger charge is -2.00. The van der Waals surface area contributed by atoms with E-state index in [9.17, 15) is 4.21 Å². The summed E-state index contributed by atoms with van der Waals surface area (Å²) in [6.45, 7) is 0. The average Bonchev–Trinajstić information content (AvgIpc) is 2.80. The van der Waals surface area contributed by atoms with E-state index in [4.69, 9.17) is 8.97 Å². The summed E-state index contributed by atoms with van der Waals surface area (Å²) in [6, 6.07) is 6.99. The van der Waals surface area contributed by atoms with Gasteiger partial charge in [0.25, 0.3) is 0 Å². The third-order valence-corrected chi connectivity index (χ3v) is 2.91. The molecule has 0 aliphatic rings. The van der Waals surface area contributed by atoms with Gasteiger partial charge in [-0.3, -0.25) is 0 Å². The van der Waals surface area contributed by atoms with Gasteiger partial charge < -0.3 is 8.97 Å². The van der Waals surface area contributed by atoms with Gasteiger partial charge in [-0.25, -0.2) is 9.19 Å². The number of hydrogen-bond acceptors (Lipinski definition) is 3. The zero-order valence-corrected chi connectivity index (χ0v) is 9.31. The van der Waals surface area contributed by atoms with E-state index < -0.39 is 11.1 Å². The summed E-state index contributed by atoms with van der Waals surface area (Å²) in [5, 5.41) is 0. The Kier molecular flexibility index (Phi) is 3.48. The van der Waals surface area contributed by atoms with Gasteiger partial charge in [-0.1, -0.05) is 12.1 Å². The number of aryl methyl sites for hydroxylation is 2. The van der Waals surface area contributed by atoms with Crippen LogP contribution in [0.15, 0.2) is 46.0 Å². The van der Waals surface area contributed by atoms with Crippen molar-refractivity contribution in [1.29, 1.82) is 0 Å². The van der Waals surface area contributed by atoms with Crippen molar-refractivity contribution in [3.05, 3.63) is 48.2 Å². The molecule has 0 aliphatic heterocycles. The molecule has 1 atom stereocenters. The van der Waals surface area contributed by atoms with Gasteiger partial charge in [0, 0.05) is 6.42 Å². The molecule has 1 aromatic carbocycles. The van der Waals surface area contributed by atoms with Gasteiger partial charge >= 0.3 is 0 Å². The van der Waals surface area contributed by atoms with Gasteiger partial charge in [-0.15, -0.1) is 0 Å². The van der Waals surface area contributed by atoms with Crippen molar-refractivity contribution in [3.63, 3.8) is 0 Å². The Morgan fingerprint density at radius 1 is 1.25 bits per heavy atom. The Morgan fingerprint density at radius 3 is 2.56 bits per heavy atom. The van der Waals surface area contributed by atoms with Crippen LogP contribution in [0.2, 0.25) is 0 Å². The van der Waals surface area contributed by atoms with E-state index in [0.29, 0.717) is 10.8 Å². The minimum absolute atomic E-state index is 0.417. The molecule has 2 aromatic rings. The quantitative estimate of drug-likeness (QED) is 0.826. The molecule has 84 valence electrons. The first kappa shape index (κ1) is 11.0. The smallest absolute Gasteiger partial charge is 0.194 e. The van der Waals surface area contributed by atoms with Crippen LogP contribution in [-0.2, 0) is 23.9 Å². The molecule has 0 saturated heterocycles. The standard InChI is InChI=1S/C11H11NO3S/c13-16(14)10-4-1-9(2-5-10)3-6-11-12-7-8-15-11/h1-2,4-5,7-8H,3,6H2,(H,13,14). The highest BCUT2D eigenvalue weighted by molar-refractivity contribution is 7.79. The molecule has 1 unspecified atom stereocenters. The van der Waals surface area contributed by atoms with Crippen LogP contribution in [0, 0.1) is 0 Å². The molecule has 0 fully saturated rings. The van der Waals surface area contributed by atoms with Gasteiger partial charge in [-0.2, -0.15) is 0 Å². The van der Waals surface area contributed by atoms with Crippen molar-refractivity contribution in [2.45, 2.75) is 17.7 Å². The minimum Gasteiger partial charge on any atom is -0.449 e. The lowest BCUT2D eigenvalue weighted by molar-refractivity contribution is 0.494. The maximum absolute atomic E-state index is 10.7. The van der Waals surface area contributed by atoms with E-state index in [2.05, 4.69) is 4.98 Å². The number of benzene rings is 1. The number of rotatable bonds is 4. The molecule has 0 bridgehead atoms. The summed E-state index contributed by atoms with van der Waals surface area (Å²) in [5.74, 6) is 0.704. The number of nitrogens with zero attached hydrogens (tertiary/aromatic N) is 1. The fourth-order valence-corrected chi connectivity index (χ4v) is 1.77. The fraction of sp³-hybridized carbons (Fsp3) is 0.182. The zero-order valence-electron chi connectivity index (χ0n) is 8.50. The summed E-state index contributed by atoms with van der Waals surface area (Å²) in [5.41, 5.74) is 1.09. The Hall–Kier alpha value is -1.46. The first-order valence-electron chi connectivity index (χ1n) is 4.84. The first-order valence-corrected chi connectivity index (χ1v) is 5.94. The van der Waals surface area contributed by atoms with Crippen LogP contribution >= 0.6 is 0 Å². The van der Waals surface area contributed by atoms with Crippen LogP contribution in [0.5, 0.6) is 0 Å². The van der Waals surface area contributed by atoms with Crippen molar-refractivity contribution in [3.8, 4) is 0 Å². The molecule has 2 rings (SSSR count). The predicted octanol–water partition coefficient (Wildman–Crippen LogP) is 2.04. The lowest BCUT2D eigenvalue weighted by Crippen LogP contribution is -1.93. The molecule has 1 heterocycles. The van der Waals surface area contributed by atoms with Crippen LogP contribution in [0.25, 0.3) is 0 Å². The summed E-state index contributed by atoms with van der Waals surface area (Å²) in [7, 11) is 0. The Labute approximate surface area is 95.6 Å². The normalized spacial score (nSPS) is 12.6. The van der Waals surface area contributed by atoms with Gasteiger partial charge in [0.1, 0.15) is 6.26 Å². The fourth-order valence-electron chi connectivity index (χ4n) is 1.40. The third-order valence-electron chi connectivity index (χ3n) is 2.24. The summed E-state index contributed by atoms with van der Waals surface area (Å²) < 4.78 is 24.7. The molecule has 0 radical (unpaired) electrons. The average molecular weight is 237 g/mol. The third kappa shape index (κ3) is 2.77. The van der Waals surface area contributed by atoms with Gasteiger partial charge in [0.2, 0.25) is 0 Å². The molecular formula is C11H11NO3S. The first-order chi connectivity index (χ1) is 7.75. The van der Waals surface area contributed by atoms with E-state index in [-0.39, 0.29) is 0 Å². The van der Waals surface area contributed by atoms with Crippen LogP contribution in [0.1, 0.15) is 11.5 Å². The van der Waals surface area contributed by atoms with Crippen molar-refractivity contribution >= 4 is 11.1 Å². The van der Waals surface area contributed by atoms with Crippen LogP contribution in [0.4, 0.5) is 0 Å². The van der Waals surface area contributed by atoms with Crippen LogP contribution in [-0.4, -0.2) is 13.7 Å². The highest BCUT2D eigenvalue weighted by Crippen LogP contribution is 2.10. The summed E-state index contributed by atoms with van der Waals surface area (Å²) in [6.07, 6.45) is 4.70. The predicted molar refractivity (Wildman–Crippen MR) is 59.4 cm³/mol. The number of oxazole rings is 1. The molecule has 1 N–H and O–H groups in total. The molecule has 16 heavy (non-hydrogen) atoms. The van der Waals surface area contributed by atoms with Crippen LogP contribution < -0.4 is 0 Å². The number of hydrogen-bond donors (Lipinski definition) is 1. The van der Waals surface area contributed by atoms with Crippen molar-refractivity contribution in [2.24, 2.45) is 0 Å². The van der Waals surface area contributed by atoms with Gasteiger partial charge in [0.15, 0.2) is 17.0 Å². The highest BCUT2D eigenvalue weighted by atomic mass is 32.2. The second-order valence-electron chi connectivity index (χ2n) is 3.32. The molecular weight excluding hydrogens is 226 g/mol.